The molecule has 0 saturated carbocycles. The highest BCUT2D eigenvalue weighted by Crippen LogP contribution is 1.98. The highest BCUT2D eigenvalue weighted by Gasteiger charge is 2.08. The van der Waals surface area contributed by atoms with Crippen molar-refractivity contribution in [3.05, 3.63) is 0 Å². The van der Waals surface area contributed by atoms with Crippen LogP contribution in [0.15, 0.2) is 0 Å². The minimum Gasteiger partial charge on any atom is -0.313 e. The summed E-state index contributed by atoms with van der Waals surface area (Å²) in [6.07, 6.45) is 1.21. The third-order valence-electron chi connectivity index (χ3n) is 3.02. The van der Waals surface area contributed by atoms with Crippen LogP contribution in [0.5, 0.6) is 0 Å². The van der Waals surface area contributed by atoms with Crippen molar-refractivity contribution in [1.82, 2.24) is 15.1 Å². The van der Waals surface area contributed by atoms with Crippen LogP contribution in [0.2, 0.25) is 0 Å². The predicted octanol–water partition coefficient (Wildman–Crippen LogP) is 1.89. The van der Waals surface area contributed by atoms with Crippen LogP contribution in [-0.2, 0) is 0 Å². The van der Waals surface area contributed by atoms with Crippen LogP contribution < -0.4 is 5.32 Å². The summed E-state index contributed by atoms with van der Waals surface area (Å²) in [6, 6.07) is 0.643. The predicted molar refractivity (Wildman–Crippen MR) is 77.6 cm³/mol. The molecule has 3 heteroatoms. The highest BCUT2D eigenvalue weighted by molar-refractivity contribution is 4.65. The lowest BCUT2D eigenvalue weighted by atomic mass is 10.2. The zero-order valence-corrected chi connectivity index (χ0v) is 12.8. The van der Waals surface area contributed by atoms with Gasteiger partial charge in [-0.15, -0.1) is 0 Å². The van der Waals surface area contributed by atoms with E-state index in [1.807, 2.05) is 0 Å². The van der Waals surface area contributed by atoms with Crippen molar-refractivity contribution in [3.8, 4) is 0 Å². The average Bonchev–Trinajstić information content (AvgIpc) is 2.24. The number of nitrogens with one attached hydrogen (secondary N) is 1. The quantitative estimate of drug-likeness (QED) is 0.632. The lowest BCUT2D eigenvalue weighted by Crippen LogP contribution is -2.40. The number of hydrogen-bond acceptors (Lipinski definition) is 3. The van der Waals surface area contributed by atoms with E-state index in [1.165, 1.54) is 19.5 Å². The van der Waals surface area contributed by atoms with Gasteiger partial charge in [-0.2, -0.15) is 0 Å². The Morgan fingerprint density at radius 3 is 2.12 bits per heavy atom. The van der Waals surface area contributed by atoms with Gasteiger partial charge in [0, 0.05) is 38.8 Å². The molecule has 0 rings (SSSR count). The first-order chi connectivity index (χ1) is 7.95. The molecule has 1 unspecified atom stereocenters. The van der Waals surface area contributed by atoms with Crippen molar-refractivity contribution >= 4 is 0 Å². The van der Waals surface area contributed by atoms with Crippen LogP contribution >= 0.6 is 0 Å². The maximum absolute atomic E-state index is 3.57. The van der Waals surface area contributed by atoms with Gasteiger partial charge in [0.1, 0.15) is 0 Å². The van der Waals surface area contributed by atoms with E-state index >= 15 is 0 Å². The van der Waals surface area contributed by atoms with Gasteiger partial charge in [0.25, 0.3) is 0 Å². The maximum atomic E-state index is 3.57. The summed E-state index contributed by atoms with van der Waals surface area (Å²) < 4.78 is 0. The van der Waals surface area contributed by atoms with E-state index in [2.05, 4.69) is 56.9 Å². The molecule has 1 atom stereocenters. The summed E-state index contributed by atoms with van der Waals surface area (Å²) >= 11 is 0. The van der Waals surface area contributed by atoms with Crippen molar-refractivity contribution < 1.29 is 0 Å². The highest BCUT2D eigenvalue weighted by atomic mass is 15.2. The SMILES string of the molecule is CCC(C)NCCN(CCN(C)C)CC(C)C. The Kier molecular flexibility index (Phi) is 9.79. The molecule has 0 aliphatic carbocycles. The van der Waals surface area contributed by atoms with Crippen LogP contribution in [0, 0.1) is 5.92 Å². The van der Waals surface area contributed by atoms with Gasteiger partial charge in [0.15, 0.2) is 0 Å². The van der Waals surface area contributed by atoms with Crippen molar-refractivity contribution in [2.75, 3.05) is 46.8 Å². The third-order valence-corrected chi connectivity index (χ3v) is 3.02. The first-order valence-electron chi connectivity index (χ1n) is 7.06. The molecule has 1 N–H and O–H groups in total. The van der Waals surface area contributed by atoms with Gasteiger partial charge in [-0.25, -0.2) is 0 Å². The number of hydrogen-bond donors (Lipinski definition) is 1. The number of likely N-dealkylation sites (N-methyl/N-ethyl adjacent to an activating group) is 1. The largest absolute Gasteiger partial charge is 0.313 e. The number of rotatable bonds is 10. The van der Waals surface area contributed by atoms with Crippen LogP contribution in [0.1, 0.15) is 34.1 Å². The van der Waals surface area contributed by atoms with Crippen molar-refractivity contribution in [2.45, 2.75) is 40.2 Å². The van der Waals surface area contributed by atoms with Gasteiger partial charge in [0.05, 0.1) is 0 Å². The molecule has 0 radical (unpaired) electrons. The number of nitrogens with zero attached hydrogens (tertiary/aromatic N) is 2. The Morgan fingerprint density at radius 2 is 1.65 bits per heavy atom. The first kappa shape index (κ1) is 16.9. The second-order valence-corrected chi connectivity index (χ2v) is 5.76. The monoisotopic (exact) mass is 243 g/mol. The second kappa shape index (κ2) is 9.86. The molecule has 0 amide bonds. The van der Waals surface area contributed by atoms with Gasteiger partial charge in [-0.3, -0.25) is 0 Å². The lowest BCUT2D eigenvalue weighted by Gasteiger charge is -2.26. The second-order valence-electron chi connectivity index (χ2n) is 5.76. The normalized spacial score (nSPS) is 13.9. The van der Waals surface area contributed by atoms with Gasteiger partial charge in [-0.1, -0.05) is 20.8 Å². The fourth-order valence-electron chi connectivity index (χ4n) is 1.77. The Hall–Kier alpha value is -0.120. The zero-order valence-electron chi connectivity index (χ0n) is 12.8. The van der Waals surface area contributed by atoms with Gasteiger partial charge in [0.2, 0.25) is 0 Å². The Labute approximate surface area is 109 Å². The Morgan fingerprint density at radius 1 is 1.00 bits per heavy atom. The van der Waals surface area contributed by atoms with Crippen molar-refractivity contribution in [2.24, 2.45) is 5.92 Å². The lowest BCUT2D eigenvalue weighted by molar-refractivity contribution is 0.217. The summed E-state index contributed by atoms with van der Waals surface area (Å²) in [7, 11) is 4.29. The van der Waals surface area contributed by atoms with Crippen LogP contribution in [0.3, 0.4) is 0 Å². The van der Waals surface area contributed by atoms with E-state index in [-0.39, 0.29) is 0 Å². The van der Waals surface area contributed by atoms with E-state index in [1.54, 1.807) is 0 Å². The maximum Gasteiger partial charge on any atom is 0.0110 e. The molecule has 0 aliphatic rings. The van der Waals surface area contributed by atoms with Crippen LogP contribution in [-0.4, -0.2) is 62.7 Å². The molecule has 0 fully saturated rings. The summed E-state index contributed by atoms with van der Waals surface area (Å²) in [5, 5.41) is 3.57. The summed E-state index contributed by atoms with van der Waals surface area (Å²) in [5.41, 5.74) is 0. The van der Waals surface area contributed by atoms with E-state index in [0.29, 0.717) is 6.04 Å². The zero-order chi connectivity index (χ0) is 13.3. The molecule has 0 aromatic carbocycles. The fourth-order valence-corrected chi connectivity index (χ4v) is 1.77. The van der Waals surface area contributed by atoms with Crippen molar-refractivity contribution in [1.29, 1.82) is 0 Å². The van der Waals surface area contributed by atoms with Crippen molar-refractivity contribution in [3.63, 3.8) is 0 Å². The molecule has 104 valence electrons. The van der Waals surface area contributed by atoms with Crippen LogP contribution in [0.4, 0.5) is 0 Å². The Bertz CT molecular complexity index is 169. The minimum absolute atomic E-state index is 0.643. The van der Waals surface area contributed by atoms with Gasteiger partial charge < -0.3 is 15.1 Å². The summed E-state index contributed by atoms with van der Waals surface area (Å²) in [6.45, 7) is 14.9. The van der Waals surface area contributed by atoms with Gasteiger partial charge >= 0.3 is 0 Å². The van der Waals surface area contributed by atoms with Crippen LogP contribution in [0.25, 0.3) is 0 Å². The van der Waals surface area contributed by atoms with E-state index in [9.17, 15) is 0 Å². The minimum atomic E-state index is 0.643. The topological polar surface area (TPSA) is 18.5 Å². The standard InChI is InChI=1S/C14H33N3/c1-7-14(4)15-8-9-17(12-13(2)3)11-10-16(5)6/h13-15H,7-12H2,1-6H3. The van der Waals surface area contributed by atoms with E-state index < -0.39 is 0 Å². The molecular formula is C14H33N3. The molecule has 0 bridgehead atoms. The third kappa shape index (κ3) is 10.7. The molecule has 0 spiro atoms. The molecule has 0 aromatic rings. The molecule has 0 aliphatic heterocycles. The molecule has 0 saturated heterocycles. The summed E-state index contributed by atoms with van der Waals surface area (Å²) in [5.74, 6) is 0.751. The fraction of sp³-hybridized carbons (Fsp3) is 1.00. The first-order valence-corrected chi connectivity index (χ1v) is 7.06. The average molecular weight is 243 g/mol. The Balaban J connectivity index is 3.84. The summed E-state index contributed by atoms with van der Waals surface area (Å²) in [4.78, 5) is 4.83. The molecular weight excluding hydrogens is 210 g/mol. The smallest absolute Gasteiger partial charge is 0.0110 e. The molecule has 0 heterocycles. The molecule has 17 heavy (non-hydrogen) atoms. The van der Waals surface area contributed by atoms with E-state index in [0.717, 1.165) is 25.6 Å². The van der Waals surface area contributed by atoms with Gasteiger partial charge in [-0.05, 0) is 33.4 Å². The molecule has 3 nitrogen and oxygen atoms in total. The van der Waals surface area contributed by atoms with E-state index in [4.69, 9.17) is 0 Å². The molecule has 0 aromatic heterocycles.